The van der Waals surface area contributed by atoms with Crippen LogP contribution < -0.4 is 5.73 Å². The molecule has 2 rings (SSSR count). The van der Waals surface area contributed by atoms with Crippen LogP contribution >= 0.6 is 15.9 Å². The Morgan fingerprint density at radius 1 is 1.37 bits per heavy atom. The summed E-state index contributed by atoms with van der Waals surface area (Å²) in [6.45, 7) is 4.49. The summed E-state index contributed by atoms with van der Waals surface area (Å²) in [5.74, 6) is 1.57. The van der Waals surface area contributed by atoms with Gasteiger partial charge in [-0.05, 0) is 47.0 Å². The lowest BCUT2D eigenvalue weighted by Crippen LogP contribution is -2.35. The molecular formula is C15H26BrN3. The van der Waals surface area contributed by atoms with E-state index in [0.29, 0.717) is 5.92 Å². The van der Waals surface area contributed by atoms with Crippen LogP contribution in [0.15, 0.2) is 4.47 Å². The molecule has 1 fully saturated rings. The Kier molecular flexibility index (Phi) is 5.07. The van der Waals surface area contributed by atoms with Crippen molar-refractivity contribution in [2.45, 2.75) is 58.4 Å². The number of halogens is 1. The second kappa shape index (κ2) is 6.40. The van der Waals surface area contributed by atoms with Gasteiger partial charge in [0.25, 0.3) is 0 Å². The highest BCUT2D eigenvalue weighted by atomic mass is 79.9. The molecule has 1 atom stereocenters. The van der Waals surface area contributed by atoms with Gasteiger partial charge in [0.1, 0.15) is 0 Å². The lowest BCUT2D eigenvalue weighted by atomic mass is 9.78. The lowest BCUT2D eigenvalue weighted by molar-refractivity contribution is 0.252. The fraction of sp³-hybridized carbons (Fsp3) is 0.800. The number of nitrogens with two attached hydrogens (primary N) is 1. The monoisotopic (exact) mass is 327 g/mol. The maximum absolute atomic E-state index is 6.45. The molecular weight excluding hydrogens is 302 g/mol. The maximum Gasteiger partial charge on any atom is 0.0766 e. The van der Waals surface area contributed by atoms with Crippen LogP contribution in [0, 0.1) is 11.8 Å². The predicted molar refractivity (Wildman–Crippen MR) is 83.1 cm³/mol. The number of nitrogens with zero attached hydrogens (tertiary/aromatic N) is 2. The first-order valence-corrected chi connectivity index (χ1v) is 8.28. The van der Waals surface area contributed by atoms with Crippen LogP contribution in [-0.2, 0) is 19.9 Å². The second-order valence-corrected chi connectivity index (χ2v) is 6.87. The smallest absolute Gasteiger partial charge is 0.0766 e. The van der Waals surface area contributed by atoms with Crippen LogP contribution in [0.4, 0.5) is 0 Å². The zero-order chi connectivity index (χ0) is 14.0. The molecule has 2 N–H and O–H groups in total. The highest BCUT2D eigenvalue weighted by Crippen LogP contribution is 2.32. The first kappa shape index (κ1) is 15.0. The van der Waals surface area contributed by atoms with Gasteiger partial charge in [0.15, 0.2) is 0 Å². The van der Waals surface area contributed by atoms with Crippen LogP contribution in [0.1, 0.15) is 50.9 Å². The van der Waals surface area contributed by atoms with E-state index in [1.165, 1.54) is 31.4 Å². The molecule has 1 unspecified atom stereocenters. The molecule has 1 aromatic heterocycles. The quantitative estimate of drug-likeness (QED) is 0.920. The van der Waals surface area contributed by atoms with Crippen molar-refractivity contribution in [3.05, 3.63) is 15.9 Å². The molecule has 1 aliphatic rings. The Labute approximate surface area is 125 Å². The van der Waals surface area contributed by atoms with Crippen LogP contribution in [0.25, 0.3) is 0 Å². The summed E-state index contributed by atoms with van der Waals surface area (Å²) >= 11 is 3.69. The van der Waals surface area contributed by atoms with E-state index in [-0.39, 0.29) is 6.04 Å². The van der Waals surface area contributed by atoms with Crippen molar-refractivity contribution in [2.75, 3.05) is 0 Å². The first-order valence-electron chi connectivity index (χ1n) is 7.48. The van der Waals surface area contributed by atoms with Gasteiger partial charge in [-0.15, -0.1) is 0 Å². The zero-order valence-electron chi connectivity index (χ0n) is 12.3. The number of hydrogen-bond acceptors (Lipinski definition) is 2. The van der Waals surface area contributed by atoms with Gasteiger partial charge in [-0.1, -0.05) is 26.7 Å². The molecule has 0 radical (unpaired) electrons. The number of rotatable bonds is 4. The number of aryl methyl sites for hydroxylation is 2. The first-order chi connectivity index (χ1) is 9.02. The average Bonchev–Trinajstić information content (AvgIpc) is 2.67. The molecule has 0 aliphatic heterocycles. The molecule has 1 aliphatic carbocycles. The molecule has 3 nitrogen and oxygen atoms in total. The molecule has 0 spiro atoms. The minimum atomic E-state index is 0.268. The predicted octanol–water partition coefficient (Wildman–Crippen LogP) is 3.44. The summed E-state index contributed by atoms with van der Waals surface area (Å²) in [6, 6.07) is 0.268. The van der Waals surface area contributed by atoms with Gasteiger partial charge in [0, 0.05) is 19.5 Å². The Balaban J connectivity index is 2.02. The van der Waals surface area contributed by atoms with Crippen LogP contribution in [0.5, 0.6) is 0 Å². The van der Waals surface area contributed by atoms with E-state index in [4.69, 9.17) is 5.73 Å². The van der Waals surface area contributed by atoms with E-state index in [1.807, 2.05) is 11.7 Å². The van der Waals surface area contributed by atoms with Gasteiger partial charge in [-0.25, -0.2) is 0 Å². The van der Waals surface area contributed by atoms with Crippen molar-refractivity contribution < 1.29 is 0 Å². The summed E-state index contributed by atoms with van der Waals surface area (Å²) in [7, 11) is 2.02. The van der Waals surface area contributed by atoms with Crippen LogP contribution in [0.3, 0.4) is 0 Å². The highest BCUT2D eigenvalue weighted by Gasteiger charge is 2.25. The van der Waals surface area contributed by atoms with Crippen molar-refractivity contribution >= 4 is 15.9 Å². The summed E-state index contributed by atoms with van der Waals surface area (Å²) in [6.07, 6.45) is 7.15. The van der Waals surface area contributed by atoms with Crippen LogP contribution in [-0.4, -0.2) is 15.8 Å². The Morgan fingerprint density at radius 3 is 2.53 bits per heavy atom. The van der Waals surface area contributed by atoms with E-state index in [2.05, 4.69) is 34.9 Å². The maximum atomic E-state index is 6.45. The topological polar surface area (TPSA) is 43.8 Å². The minimum absolute atomic E-state index is 0.268. The second-order valence-electron chi connectivity index (χ2n) is 6.07. The van der Waals surface area contributed by atoms with Crippen molar-refractivity contribution in [1.82, 2.24) is 9.78 Å². The van der Waals surface area contributed by atoms with Crippen molar-refractivity contribution in [1.29, 1.82) is 0 Å². The SMILES string of the molecule is CCc1nn(C)c(CC(N)C2CCC(C)CC2)c1Br. The molecule has 1 heterocycles. The van der Waals surface area contributed by atoms with Gasteiger partial charge >= 0.3 is 0 Å². The normalized spacial score (nSPS) is 25.5. The Morgan fingerprint density at radius 2 is 2.00 bits per heavy atom. The van der Waals surface area contributed by atoms with E-state index in [0.717, 1.165) is 28.9 Å². The summed E-state index contributed by atoms with van der Waals surface area (Å²) in [4.78, 5) is 0. The van der Waals surface area contributed by atoms with Gasteiger partial charge in [-0.2, -0.15) is 5.10 Å². The number of aromatic nitrogens is 2. The molecule has 19 heavy (non-hydrogen) atoms. The summed E-state index contributed by atoms with van der Waals surface area (Å²) in [5, 5.41) is 4.55. The van der Waals surface area contributed by atoms with Crippen LogP contribution in [0.2, 0.25) is 0 Å². The third-order valence-corrected chi connectivity index (χ3v) is 5.51. The van der Waals surface area contributed by atoms with E-state index in [1.54, 1.807) is 0 Å². The van der Waals surface area contributed by atoms with E-state index in [9.17, 15) is 0 Å². The van der Waals surface area contributed by atoms with Gasteiger partial charge in [0.05, 0.1) is 15.9 Å². The summed E-state index contributed by atoms with van der Waals surface area (Å²) in [5.41, 5.74) is 8.85. The van der Waals surface area contributed by atoms with E-state index < -0.39 is 0 Å². The third kappa shape index (κ3) is 3.40. The van der Waals surface area contributed by atoms with Crippen molar-refractivity contribution in [3.63, 3.8) is 0 Å². The standard InChI is InChI=1S/C15H26BrN3/c1-4-13-15(16)14(19(3)18-13)9-12(17)11-7-5-10(2)6-8-11/h10-12H,4-9,17H2,1-3H3. The fourth-order valence-electron chi connectivity index (χ4n) is 3.15. The third-order valence-electron chi connectivity index (χ3n) is 4.60. The van der Waals surface area contributed by atoms with Gasteiger partial charge < -0.3 is 5.73 Å². The molecule has 1 saturated carbocycles. The summed E-state index contributed by atoms with van der Waals surface area (Å²) < 4.78 is 3.16. The minimum Gasteiger partial charge on any atom is -0.327 e. The molecule has 0 bridgehead atoms. The molecule has 4 heteroatoms. The molecule has 108 valence electrons. The van der Waals surface area contributed by atoms with Gasteiger partial charge in [-0.3, -0.25) is 4.68 Å². The molecule has 0 saturated heterocycles. The Hall–Kier alpha value is -0.350. The molecule has 0 aromatic carbocycles. The Bertz CT molecular complexity index is 419. The van der Waals surface area contributed by atoms with Crippen molar-refractivity contribution in [2.24, 2.45) is 24.6 Å². The largest absolute Gasteiger partial charge is 0.327 e. The molecule has 1 aromatic rings. The van der Waals surface area contributed by atoms with Gasteiger partial charge in [0.2, 0.25) is 0 Å². The number of hydrogen-bond donors (Lipinski definition) is 1. The fourth-order valence-corrected chi connectivity index (χ4v) is 3.92. The lowest BCUT2D eigenvalue weighted by Gasteiger charge is -2.30. The average molecular weight is 328 g/mol. The van der Waals surface area contributed by atoms with E-state index >= 15 is 0 Å². The highest BCUT2D eigenvalue weighted by molar-refractivity contribution is 9.10. The molecule has 0 amide bonds. The zero-order valence-corrected chi connectivity index (χ0v) is 13.9. The van der Waals surface area contributed by atoms with Crippen molar-refractivity contribution in [3.8, 4) is 0 Å².